The maximum atomic E-state index is 12.9. The van der Waals surface area contributed by atoms with E-state index < -0.39 is 5.82 Å². The maximum Gasteiger partial charge on any atom is 0.261 e. The van der Waals surface area contributed by atoms with Crippen LogP contribution in [-0.4, -0.2) is 28.5 Å². The molecule has 5 nitrogen and oxygen atoms in total. The molecule has 3 rings (SSSR count). The van der Waals surface area contributed by atoms with E-state index in [-0.39, 0.29) is 17.6 Å². The van der Waals surface area contributed by atoms with Crippen LogP contribution in [0.4, 0.5) is 4.39 Å². The van der Waals surface area contributed by atoms with Crippen LogP contribution < -0.4 is 0 Å². The van der Waals surface area contributed by atoms with Crippen molar-refractivity contribution in [2.24, 2.45) is 0 Å². The molecule has 2 aromatic rings. The molecule has 0 bridgehead atoms. The maximum absolute atomic E-state index is 12.9. The molecule has 1 saturated heterocycles. The third-order valence-electron chi connectivity index (χ3n) is 2.93. The van der Waals surface area contributed by atoms with Gasteiger partial charge in [-0.3, -0.25) is 0 Å². The summed E-state index contributed by atoms with van der Waals surface area (Å²) in [6, 6.07) is 3.66. The fourth-order valence-electron chi connectivity index (χ4n) is 1.93. The number of halogens is 1. The zero-order valence-electron chi connectivity index (χ0n) is 9.47. The molecule has 0 spiro atoms. The summed E-state index contributed by atoms with van der Waals surface area (Å²) in [6.45, 7) is 1.27. The number of aromatic nitrogens is 2. The fraction of sp³-hybridized carbons (Fsp3) is 0.333. The first-order valence-corrected chi connectivity index (χ1v) is 5.64. The summed E-state index contributed by atoms with van der Waals surface area (Å²) < 4.78 is 23.2. The van der Waals surface area contributed by atoms with Gasteiger partial charge in [0.1, 0.15) is 11.6 Å². The predicted octanol–water partition coefficient (Wildman–Crippen LogP) is 2.09. The largest absolute Gasteiger partial charge is 0.507 e. The number of rotatable bonds is 2. The lowest BCUT2D eigenvalue weighted by molar-refractivity contribution is 0.192. The lowest BCUT2D eigenvalue weighted by Gasteiger charge is -1.99. The summed E-state index contributed by atoms with van der Waals surface area (Å²) in [6.07, 6.45) is 0.856. The van der Waals surface area contributed by atoms with Crippen molar-refractivity contribution in [2.75, 3.05) is 13.2 Å². The third-order valence-corrected chi connectivity index (χ3v) is 2.93. The Morgan fingerprint density at radius 2 is 2.28 bits per heavy atom. The Balaban J connectivity index is 1.92. The quantitative estimate of drug-likeness (QED) is 0.883. The Bertz CT molecular complexity index is 564. The van der Waals surface area contributed by atoms with Crippen molar-refractivity contribution in [3.8, 4) is 17.2 Å². The number of hydrogen-bond acceptors (Lipinski definition) is 5. The second kappa shape index (κ2) is 4.38. The highest BCUT2D eigenvalue weighted by Crippen LogP contribution is 2.30. The van der Waals surface area contributed by atoms with Gasteiger partial charge in [-0.2, -0.15) is 4.98 Å². The predicted molar refractivity (Wildman–Crippen MR) is 59.5 cm³/mol. The Labute approximate surface area is 102 Å². The van der Waals surface area contributed by atoms with Crippen LogP contribution in [0.1, 0.15) is 18.2 Å². The standard InChI is InChI=1S/C12H11FN2O3/c13-8-1-2-9(10(16)5-8)12-14-11(15-18-12)7-3-4-17-6-7/h1-2,5,7,16H,3-4,6H2. The van der Waals surface area contributed by atoms with E-state index in [1.54, 1.807) is 0 Å². The molecule has 1 atom stereocenters. The van der Waals surface area contributed by atoms with Crippen molar-refractivity contribution in [1.82, 2.24) is 10.1 Å². The molecule has 1 aromatic carbocycles. The molecule has 1 fully saturated rings. The van der Waals surface area contributed by atoms with Crippen LogP contribution in [0.25, 0.3) is 11.5 Å². The average molecular weight is 250 g/mol. The van der Waals surface area contributed by atoms with Gasteiger partial charge in [0.2, 0.25) is 0 Å². The molecular formula is C12H11FN2O3. The molecule has 0 aliphatic carbocycles. The summed E-state index contributed by atoms with van der Waals surface area (Å²) in [7, 11) is 0. The molecule has 2 heterocycles. The highest BCUT2D eigenvalue weighted by atomic mass is 19.1. The summed E-state index contributed by atoms with van der Waals surface area (Å²) in [5, 5.41) is 13.5. The van der Waals surface area contributed by atoms with Crippen LogP contribution >= 0.6 is 0 Å². The van der Waals surface area contributed by atoms with Crippen LogP contribution in [0.2, 0.25) is 0 Å². The monoisotopic (exact) mass is 250 g/mol. The molecule has 6 heteroatoms. The molecule has 0 amide bonds. The van der Waals surface area contributed by atoms with Gasteiger partial charge in [0.25, 0.3) is 5.89 Å². The Hall–Kier alpha value is -1.95. The summed E-state index contributed by atoms with van der Waals surface area (Å²) in [5.41, 5.74) is 0.328. The van der Waals surface area contributed by atoms with E-state index >= 15 is 0 Å². The minimum Gasteiger partial charge on any atom is -0.507 e. The zero-order chi connectivity index (χ0) is 12.5. The Kier molecular flexibility index (Phi) is 2.71. The van der Waals surface area contributed by atoms with Crippen molar-refractivity contribution >= 4 is 0 Å². The van der Waals surface area contributed by atoms with E-state index in [0.717, 1.165) is 12.5 Å². The molecule has 1 aromatic heterocycles. The van der Waals surface area contributed by atoms with E-state index in [4.69, 9.17) is 9.26 Å². The molecule has 1 N–H and O–H groups in total. The van der Waals surface area contributed by atoms with Crippen molar-refractivity contribution in [2.45, 2.75) is 12.3 Å². The number of phenolic OH excluding ortho intramolecular Hbond substituents is 1. The summed E-state index contributed by atoms with van der Waals surface area (Å²) in [4.78, 5) is 4.21. The van der Waals surface area contributed by atoms with E-state index in [2.05, 4.69) is 10.1 Å². The van der Waals surface area contributed by atoms with Crippen molar-refractivity contribution < 1.29 is 18.8 Å². The molecular weight excluding hydrogens is 239 g/mol. The second-order valence-electron chi connectivity index (χ2n) is 4.18. The molecule has 0 radical (unpaired) electrons. The molecule has 1 unspecified atom stereocenters. The molecule has 94 valence electrons. The normalized spacial score (nSPS) is 19.3. The molecule has 0 saturated carbocycles. The van der Waals surface area contributed by atoms with Gasteiger partial charge in [-0.05, 0) is 18.6 Å². The van der Waals surface area contributed by atoms with Gasteiger partial charge in [-0.1, -0.05) is 5.16 Å². The third kappa shape index (κ3) is 1.95. The number of phenols is 1. The number of hydrogen-bond donors (Lipinski definition) is 1. The highest BCUT2D eigenvalue weighted by molar-refractivity contribution is 5.61. The topological polar surface area (TPSA) is 68.4 Å². The van der Waals surface area contributed by atoms with E-state index in [1.165, 1.54) is 12.1 Å². The molecule has 1 aliphatic heterocycles. The van der Waals surface area contributed by atoms with Gasteiger partial charge in [0.15, 0.2) is 5.82 Å². The van der Waals surface area contributed by atoms with E-state index in [1.807, 2.05) is 0 Å². The lowest BCUT2D eigenvalue weighted by Crippen LogP contribution is -1.99. The molecule has 1 aliphatic rings. The van der Waals surface area contributed by atoms with E-state index in [9.17, 15) is 9.50 Å². The first-order valence-electron chi connectivity index (χ1n) is 5.64. The molecule has 18 heavy (non-hydrogen) atoms. The minimum absolute atomic E-state index is 0.130. The minimum atomic E-state index is -0.514. The van der Waals surface area contributed by atoms with Gasteiger partial charge in [-0.15, -0.1) is 0 Å². The number of benzene rings is 1. The smallest absolute Gasteiger partial charge is 0.261 e. The van der Waals surface area contributed by atoms with Gasteiger partial charge in [-0.25, -0.2) is 4.39 Å². The average Bonchev–Trinajstić information content (AvgIpc) is 2.99. The van der Waals surface area contributed by atoms with Crippen LogP contribution in [0, 0.1) is 5.82 Å². The van der Waals surface area contributed by atoms with Crippen molar-refractivity contribution in [3.05, 3.63) is 29.8 Å². The zero-order valence-corrected chi connectivity index (χ0v) is 9.47. The van der Waals surface area contributed by atoms with Crippen molar-refractivity contribution in [3.63, 3.8) is 0 Å². The van der Waals surface area contributed by atoms with Crippen LogP contribution in [0.3, 0.4) is 0 Å². The van der Waals surface area contributed by atoms with Crippen LogP contribution in [0.5, 0.6) is 5.75 Å². The first kappa shape index (κ1) is 11.2. The summed E-state index contributed by atoms with van der Waals surface area (Å²) >= 11 is 0. The number of nitrogens with zero attached hydrogens (tertiary/aromatic N) is 2. The fourth-order valence-corrected chi connectivity index (χ4v) is 1.93. The Morgan fingerprint density at radius 1 is 1.39 bits per heavy atom. The number of aromatic hydroxyl groups is 1. The highest BCUT2D eigenvalue weighted by Gasteiger charge is 2.24. The lowest BCUT2D eigenvalue weighted by atomic mass is 10.1. The SMILES string of the molecule is Oc1cc(F)ccc1-c1nc(C2CCOC2)no1. The van der Waals surface area contributed by atoms with Crippen LogP contribution in [0.15, 0.2) is 22.7 Å². The van der Waals surface area contributed by atoms with Gasteiger partial charge < -0.3 is 14.4 Å². The summed E-state index contributed by atoms with van der Waals surface area (Å²) in [5.74, 6) is 0.152. The van der Waals surface area contributed by atoms with Crippen molar-refractivity contribution in [1.29, 1.82) is 0 Å². The van der Waals surface area contributed by atoms with Gasteiger partial charge >= 0.3 is 0 Å². The number of ether oxygens (including phenoxy) is 1. The Morgan fingerprint density at radius 3 is 3.00 bits per heavy atom. The van der Waals surface area contributed by atoms with Crippen LogP contribution in [-0.2, 0) is 4.74 Å². The second-order valence-corrected chi connectivity index (χ2v) is 4.18. The van der Waals surface area contributed by atoms with E-state index in [0.29, 0.717) is 24.6 Å². The van der Waals surface area contributed by atoms with Gasteiger partial charge in [0.05, 0.1) is 12.2 Å². The first-order chi connectivity index (χ1) is 8.74. The van der Waals surface area contributed by atoms with Gasteiger partial charge in [0, 0.05) is 18.6 Å².